The number of rotatable bonds is 1. The molecule has 0 aliphatic heterocycles. The summed E-state index contributed by atoms with van der Waals surface area (Å²) in [6.07, 6.45) is 0. The van der Waals surface area contributed by atoms with Crippen molar-refractivity contribution in [3.8, 4) is 0 Å². The first-order chi connectivity index (χ1) is 5.65. The van der Waals surface area contributed by atoms with Crippen LogP contribution in [0.15, 0.2) is 12.1 Å². The molecule has 1 rings (SSSR count). The van der Waals surface area contributed by atoms with E-state index in [4.69, 9.17) is 11.6 Å². The number of carbonyl (C=O) groups is 1. The number of carbonyl (C=O) groups excluding carboxylic acids is 1. The Hall–Kier alpha value is -1.16. The summed E-state index contributed by atoms with van der Waals surface area (Å²) in [4.78, 5) is 14.0. The third-order valence-electron chi connectivity index (χ3n) is 1.22. The van der Waals surface area contributed by atoms with Crippen molar-refractivity contribution in [1.82, 2.24) is 4.98 Å². The molecule has 0 aromatic carbocycles. The van der Waals surface area contributed by atoms with Crippen molar-refractivity contribution >= 4 is 17.6 Å². The molecule has 0 atom stereocenters. The van der Waals surface area contributed by atoms with Crippen molar-refractivity contribution in [2.24, 2.45) is 0 Å². The van der Waals surface area contributed by atoms with Crippen LogP contribution in [0.5, 0.6) is 0 Å². The van der Waals surface area contributed by atoms with Crippen LogP contribution in [0.25, 0.3) is 0 Å². The SMILES string of the molecule is COC(=O)c1ccc(Cl)nc1F. The Kier molecular flexibility index (Phi) is 2.60. The van der Waals surface area contributed by atoms with Crippen molar-refractivity contribution in [2.45, 2.75) is 0 Å². The predicted octanol–water partition coefficient (Wildman–Crippen LogP) is 1.66. The zero-order valence-corrected chi connectivity index (χ0v) is 6.93. The van der Waals surface area contributed by atoms with E-state index in [9.17, 15) is 9.18 Å². The Labute approximate surface area is 73.1 Å². The molecule has 3 nitrogen and oxygen atoms in total. The summed E-state index contributed by atoms with van der Waals surface area (Å²) in [6, 6.07) is 2.54. The van der Waals surface area contributed by atoms with E-state index in [0.717, 1.165) is 7.11 Å². The van der Waals surface area contributed by atoms with E-state index in [-0.39, 0.29) is 10.7 Å². The molecule has 0 aliphatic rings. The quantitative estimate of drug-likeness (QED) is 0.498. The van der Waals surface area contributed by atoms with E-state index in [1.54, 1.807) is 0 Å². The first-order valence-electron chi connectivity index (χ1n) is 3.05. The molecule has 64 valence electrons. The maximum atomic E-state index is 12.8. The smallest absolute Gasteiger partial charge is 0.342 e. The molecule has 5 heteroatoms. The molecule has 1 heterocycles. The Morgan fingerprint density at radius 1 is 1.67 bits per heavy atom. The highest BCUT2D eigenvalue weighted by atomic mass is 35.5. The first-order valence-corrected chi connectivity index (χ1v) is 3.43. The molecule has 0 radical (unpaired) electrons. The maximum absolute atomic E-state index is 12.8. The maximum Gasteiger partial charge on any atom is 0.342 e. The standard InChI is InChI=1S/C7H5ClFNO2/c1-12-7(11)4-2-3-5(8)10-6(4)9/h2-3H,1H3. The summed E-state index contributed by atoms with van der Waals surface area (Å²) >= 11 is 5.36. The summed E-state index contributed by atoms with van der Waals surface area (Å²) in [5.41, 5.74) is -0.220. The third kappa shape index (κ3) is 1.71. The number of methoxy groups -OCH3 is 1. The Balaban J connectivity index is 3.09. The van der Waals surface area contributed by atoms with E-state index < -0.39 is 11.9 Å². The van der Waals surface area contributed by atoms with Crippen molar-refractivity contribution in [2.75, 3.05) is 7.11 Å². The zero-order chi connectivity index (χ0) is 9.14. The Morgan fingerprint density at radius 2 is 2.33 bits per heavy atom. The van der Waals surface area contributed by atoms with E-state index >= 15 is 0 Å². The van der Waals surface area contributed by atoms with Crippen molar-refractivity contribution < 1.29 is 13.9 Å². The highest BCUT2D eigenvalue weighted by molar-refractivity contribution is 6.29. The molecule has 1 aromatic heterocycles. The zero-order valence-electron chi connectivity index (χ0n) is 6.17. The summed E-state index contributed by atoms with van der Waals surface area (Å²) in [5.74, 6) is -1.69. The monoisotopic (exact) mass is 189 g/mol. The van der Waals surface area contributed by atoms with Gasteiger partial charge in [-0.3, -0.25) is 0 Å². The number of hydrogen-bond acceptors (Lipinski definition) is 3. The summed E-state index contributed by atoms with van der Waals surface area (Å²) in [7, 11) is 1.16. The highest BCUT2D eigenvalue weighted by Crippen LogP contribution is 2.10. The van der Waals surface area contributed by atoms with Crippen LogP contribution in [0.4, 0.5) is 4.39 Å². The van der Waals surface area contributed by atoms with Gasteiger partial charge in [0.05, 0.1) is 7.11 Å². The molecular weight excluding hydrogens is 185 g/mol. The molecule has 0 fully saturated rings. The van der Waals surface area contributed by atoms with Gasteiger partial charge in [0.2, 0.25) is 5.95 Å². The number of pyridine rings is 1. The number of esters is 1. The lowest BCUT2D eigenvalue weighted by Crippen LogP contribution is -2.05. The molecule has 0 amide bonds. The molecule has 0 aliphatic carbocycles. The van der Waals surface area contributed by atoms with Crippen molar-refractivity contribution in [1.29, 1.82) is 0 Å². The highest BCUT2D eigenvalue weighted by Gasteiger charge is 2.12. The molecule has 0 N–H and O–H groups in total. The van der Waals surface area contributed by atoms with Gasteiger partial charge < -0.3 is 4.74 Å². The lowest BCUT2D eigenvalue weighted by Gasteiger charge is -1.99. The number of hydrogen-bond donors (Lipinski definition) is 0. The summed E-state index contributed by atoms with van der Waals surface area (Å²) in [5, 5.41) is 0.000142. The molecule has 0 unspecified atom stereocenters. The van der Waals surface area contributed by atoms with Gasteiger partial charge in [0, 0.05) is 0 Å². The minimum absolute atomic E-state index is 0.000142. The molecule has 0 saturated heterocycles. The Bertz CT molecular complexity index is 316. The van der Waals surface area contributed by atoms with Crippen LogP contribution < -0.4 is 0 Å². The van der Waals surface area contributed by atoms with E-state index in [2.05, 4.69) is 9.72 Å². The van der Waals surface area contributed by atoms with Crippen LogP contribution in [0.2, 0.25) is 5.15 Å². The van der Waals surface area contributed by atoms with Crippen LogP contribution in [-0.4, -0.2) is 18.1 Å². The van der Waals surface area contributed by atoms with Gasteiger partial charge in [0.1, 0.15) is 10.7 Å². The first kappa shape index (κ1) is 8.93. The van der Waals surface area contributed by atoms with Gasteiger partial charge in [-0.15, -0.1) is 0 Å². The number of nitrogens with zero attached hydrogens (tertiary/aromatic N) is 1. The summed E-state index contributed by atoms with van der Waals surface area (Å²) in [6.45, 7) is 0. The van der Waals surface area contributed by atoms with Gasteiger partial charge in [-0.25, -0.2) is 9.78 Å². The van der Waals surface area contributed by atoms with Gasteiger partial charge in [-0.2, -0.15) is 4.39 Å². The van der Waals surface area contributed by atoms with E-state index in [0.29, 0.717) is 0 Å². The normalized spacial score (nSPS) is 9.58. The van der Waals surface area contributed by atoms with Crippen molar-refractivity contribution in [3.63, 3.8) is 0 Å². The van der Waals surface area contributed by atoms with E-state index in [1.807, 2.05) is 0 Å². The fourth-order valence-corrected chi connectivity index (χ4v) is 0.812. The topological polar surface area (TPSA) is 39.2 Å². The molecule has 12 heavy (non-hydrogen) atoms. The second-order valence-electron chi connectivity index (χ2n) is 1.96. The van der Waals surface area contributed by atoms with E-state index in [1.165, 1.54) is 12.1 Å². The van der Waals surface area contributed by atoms with Gasteiger partial charge in [-0.05, 0) is 12.1 Å². The largest absolute Gasteiger partial charge is 0.465 e. The average Bonchev–Trinajstić information content (AvgIpc) is 2.03. The average molecular weight is 190 g/mol. The number of halogens is 2. The van der Waals surface area contributed by atoms with Crippen molar-refractivity contribution in [3.05, 3.63) is 28.8 Å². The fraction of sp³-hybridized carbons (Fsp3) is 0.143. The van der Waals surface area contributed by atoms with Crippen LogP contribution in [0, 0.1) is 5.95 Å². The minimum atomic E-state index is -0.922. The molecular formula is C7H5ClFNO2. The van der Waals surface area contributed by atoms with Gasteiger partial charge in [-0.1, -0.05) is 11.6 Å². The Morgan fingerprint density at radius 3 is 2.83 bits per heavy atom. The van der Waals surface area contributed by atoms with Crippen LogP contribution in [0.1, 0.15) is 10.4 Å². The second-order valence-corrected chi connectivity index (χ2v) is 2.35. The molecule has 0 bridgehead atoms. The minimum Gasteiger partial charge on any atom is -0.465 e. The summed E-state index contributed by atoms with van der Waals surface area (Å²) < 4.78 is 17.1. The van der Waals surface area contributed by atoms with Gasteiger partial charge in [0.25, 0.3) is 0 Å². The van der Waals surface area contributed by atoms with Crippen LogP contribution in [-0.2, 0) is 4.74 Å². The molecule has 0 spiro atoms. The van der Waals surface area contributed by atoms with Gasteiger partial charge in [0.15, 0.2) is 0 Å². The second kappa shape index (κ2) is 3.49. The fourth-order valence-electron chi connectivity index (χ4n) is 0.674. The molecule has 0 saturated carbocycles. The number of aromatic nitrogens is 1. The predicted molar refractivity (Wildman–Crippen MR) is 40.5 cm³/mol. The number of ether oxygens (including phenoxy) is 1. The van der Waals surface area contributed by atoms with Crippen LogP contribution >= 0.6 is 11.6 Å². The lowest BCUT2D eigenvalue weighted by atomic mass is 10.3. The lowest BCUT2D eigenvalue weighted by molar-refractivity contribution is 0.0594. The van der Waals surface area contributed by atoms with Crippen LogP contribution in [0.3, 0.4) is 0 Å². The molecule has 1 aromatic rings. The van der Waals surface area contributed by atoms with Gasteiger partial charge >= 0.3 is 5.97 Å². The third-order valence-corrected chi connectivity index (χ3v) is 1.43.